The summed E-state index contributed by atoms with van der Waals surface area (Å²) in [5, 5.41) is 13.8. The third kappa shape index (κ3) is 2.82. The fourth-order valence-electron chi connectivity index (χ4n) is 3.45. The zero-order chi connectivity index (χ0) is 13.2. The second-order valence-corrected chi connectivity index (χ2v) is 6.73. The normalized spacial score (nSPS) is 20.3. The summed E-state index contributed by atoms with van der Waals surface area (Å²) in [6, 6.07) is 2.27. The summed E-state index contributed by atoms with van der Waals surface area (Å²) in [5.41, 5.74) is 3.96. The van der Waals surface area contributed by atoms with E-state index in [2.05, 4.69) is 27.3 Å². The van der Waals surface area contributed by atoms with Crippen LogP contribution in [-0.4, -0.2) is 18.2 Å². The van der Waals surface area contributed by atoms with Gasteiger partial charge < -0.3 is 10.4 Å². The Morgan fingerprint density at radius 1 is 1.21 bits per heavy atom. The van der Waals surface area contributed by atoms with Gasteiger partial charge in [-0.05, 0) is 96.6 Å². The molecular weight excluding hydrogens is 302 g/mol. The number of benzene rings is 1. The number of nitrogens with one attached hydrogen (secondary N) is 1. The predicted octanol–water partition coefficient (Wildman–Crippen LogP) is 3.58. The van der Waals surface area contributed by atoms with Crippen LogP contribution >= 0.6 is 15.9 Å². The van der Waals surface area contributed by atoms with E-state index >= 15 is 0 Å². The van der Waals surface area contributed by atoms with E-state index in [0.717, 1.165) is 41.9 Å². The van der Waals surface area contributed by atoms with Crippen LogP contribution < -0.4 is 5.32 Å². The Morgan fingerprint density at radius 2 is 1.95 bits per heavy atom. The van der Waals surface area contributed by atoms with Gasteiger partial charge >= 0.3 is 0 Å². The van der Waals surface area contributed by atoms with Crippen LogP contribution in [-0.2, 0) is 19.3 Å². The van der Waals surface area contributed by atoms with Gasteiger partial charge in [0.1, 0.15) is 5.75 Å². The highest BCUT2D eigenvalue weighted by molar-refractivity contribution is 9.10. The Kier molecular flexibility index (Phi) is 4.13. The topological polar surface area (TPSA) is 32.3 Å². The number of halogens is 1. The van der Waals surface area contributed by atoms with Gasteiger partial charge in [0, 0.05) is 0 Å². The van der Waals surface area contributed by atoms with Crippen molar-refractivity contribution in [1.29, 1.82) is 0 Å². The molecule has 0 bridgehead atoms. The van der Waals surface area contributed by atoms with Crippen LogP contribution in [0.5, 0.6) is 5.75 Å². The summed E-state index contributed by atoms with van der Waals surface area (Å²) in [5.74, 6) is 1.22. The van der Waals surface area contributed by atoms with Gasteiger partial charge in [0.25, 0.3) is 0 Å². The Bertz CT molecular complexity index is 466. The number of phenols is 1. The maximum Gasteiger partial charge on any atom is 0.133 e. The first-order chi connectivity index (χ1) is 9.25. The molecule has 2 nitrogen and oxygen atoms in total. The molecule has 1 aliphatic carbocycles. The SMILES string of the molecule is Oc1c(CC2CCNCC2)cc2c(c1Br)CCCC2. The molecule has 3 rings (SSSR count). The molecule has 0 atom stereocenters. The molecule has 0 unspecified atom stereocenters. The molecule has 1 aromatic rings. The molecule has 1 heterocycles. The summed E-state index contributed by atoms with van der Waals surface area (Å²) in [6.07, 6.45) is 8.31. The van der Waals surface area contributed by atoms with Crippen molar-refractivity contribution in [2.24, 2.45) is 5.92 Å². The number of hydrogen-bond donors (Lipinski definition) is 2. The maximum absolute atomic E-state index is 10.4. The van der Waals surface area contributed by atoms with Gasteiger partial charge in [0.2, 0.25) is 0 Å². The lowest BCUT2D eigenvalue weighted by Crippen LogP contribution is -2.28. The first kappa shape index (κ1) is 13.4. The predicted molar refractivity (Wildman–Crippen MR) is 81.7 cm³/mol. The molecule has 1 fully saturated rings. The van der Waals surface area contributed by atoms with E-state index in [0.29, 0.717) is 5.75 Å². The number of rotatable bonds is 2. The van der Waals surface area contributed by atoms with Gasteiger partial charge in [-0.25, -0.2) is 0 Å². The van der Waals surface area contributed by atoms with E-state index in [-0.39, 0.29) is 0 Å². The average Bonchev–Trinajstić information content (AvgIpc) is 2.46. The number of aryl methyl sites for hydroxylation is 1. The van der Waals surface area contributed by atoms with Crippen molar-refractivity contribution in [3.8, 4) is 5.75 Å². The zero-order valence-electron chi connectivity index (χ0n) is 11.3. The van der Waals surface area contributed by atoms with Crippen molar-refractivity contribution in [3.63, 3.8) is 0 Å². The summed E-state index contributed by atoms with van der Waals surface area (Å²) in [4.78, 5) is 0. The van der Waals surface area contributed by atoms with Crippen molar-refractivity contribution in [2.75, 3.05) is 13.1 Å². The van der Waals surface area contributed by atoms with Gasteiger partial charge in [0.15, 0.2) is 0 Å². The summed E-state index contributed by atoms with van der Waals surface area (Å²) in [7, 11) is 0. The molecule has 104 valence electrons. The van der Waals surface area contributed by atoms with Crippen LogP contribution in [0.3, 0.4) is 0 Å². The smallest absolute Gasteiger partial charge is 0.133 e. The van der Waals surface area contributed by atoms with E-state index in [1.54, 1.807) is 0 Å². The Hall–Kier alpha value is -0.540. The van der Waals surface area contributed by atoms with Crippen LogP contribution in [0.4, 0.5) is 0 Å². The summed E-state index contributed by atoms with van der Waals surface area (Å²) in [6.45, 7) is 2.25. The second-order valence-electron chi connectivity index (χ2n) is 5.94. The number of fused-ring (bicyclic) bond motifs is 1. The third-order valence-electron chi connectivity index (χ3n) is 4.60. The van der Waals surface area contributed by atoms with E-state index in [4.69, 9.17) is 0 Å². The molecule has 1 aromatic carbocycles. The van der Waals surface area contributed by atoms with E-state index in [1.165, 1.54) is 43.2 Å². The van der Waals surface area contributed by atoms with Gasteiger partial charge in [-0.15, -0.1) is 0 Å². The van der Waals surface area contributed by atoms with E-state index in [9.17, 15) is 5.11 Å². The highest BCUT2D eigenvalue weighted by Crippen LogP contribution is 2.39. The molecule has 0 radical (unpaired) electrons. The van der Waals surface area contributed by atoms with Crippen molar-refractivity contribution < 1.29 is 5.11 Å². The minimum Gasteiger partial charge on any atom is -0.506 e. The molecule has 19 heavy (non-hydrogen) atoms. The first-order valence-corrected chi connectivity index (χ1v) is 8.28. The largest absolute Gasteiger partial charge is 0.506 e. The van der Waals surface area contributed by atoms with Crippen LogP contribution in [0.25, 0.3) is 0 Å². The Labute approximate surface area is 123 Å². The molecule has 3 heteroatoms. The molecule has 2 aliphatic rings. The quantitative estimate of drug-likeness (QED) is 0.872. The number of hydrogen-bond acceptors (Lipinski definition) is 2. The molecule has 0 aromatic heterocycles. The highest BCUT2D eigenvalue weighted by Gasteiger charge is 2.21. The standard InChI is InChI=1S/C16H22BrNO/c17-15-14-4-2-1-3-12(14)10-13(16(15)19)9-11-5-7-18-8-6-11/h10-11,18-19H,1-9H2. The lowest BCUT2D eigenvalue weighted by molar-refractivity contribution is 0.365. The fraction of sp³-hybridized carbons (Fsp3) is 0.625. The fourth-order valence-corrected chi connectivity index (χ4v) is 4.16. The molecule has 1 saturated heterocycles. The lowest BCUT2D eigenvalue weighted by Gasteiger charge is -2.25. The molecule has 2 N–H and O–H groups in total. The first-order valence-electron chi connectivity index (χ1n) is 7.48. The summed E-state index contributed by atoms with van der Waals surface area (Å²) >= 11 is 3.62. The van der Waals surface area contributed by atoms with Gasteiger partial charge in [-0.3, -0.25) is 0 Å². The Morgan fingerprint density at radius 3 is 2.74 bits per heavy atom. The molecule has 0 saturated carbocycles. The van der Waals surface area contributed by atoms with E-state index in [1.807, 2.05) is 0 Å². The highest BCUT2D eigenvalue weighted by atomic mass is 79.9. The van der Waals surface area contributed by atoms with Crippen molar-refractivity contribution in [2.45, 2.75) is 44.9 Å². The molecule has 0 spiro atoms. The van der Waals surface area contributed by atoms with Gasteiger partial charge in [-0.1, -0.05) is 6.07 Å². The summed E-state index contributed by atoms with van der Waals surface area (Å²) < 4.78 is 0.966. The third-order valence-corrected chi connectivity index (χ3v) is 5.46. The van der Waals surface area contributed by atoms with Crippen LogP contribution in [0, 0.1) is 5.92 Å². The van der Waals surface area contributed by atoms with Crippen LogP contribution in [0.2, 0.25) is 0 Å². The molecular formula is C16H22BrNO. The van der Waals surface area contributed by atoms with E-state index < -0.39 is 0 Å². The van der Waals surface area contributed by atoms with Crippen molar-refractivity contribution in [1.82, 2.24) is 5.32 Å². The molecule has 0 amide bonds. The number of piperidine rings is 1. The second kappa shape index (κ2) is 5.84. The number of phenolic OH excluding ortho intramolecular Hbond substituents is 1. The Balaban J connectivity index is 1.86. The lowest BCUT2D eigenvalue weighted by atomic mass is 9.86. The molecule has 1 aliphatic heterocycles. The van der Waals surface area contributed by atoms with Gasteiger partial charge in [-0.2, -0.15) is 0 Å². The monoisotopic (exact) mass is 323 g/mol. The maximum atomic E-state index is 10.4. The van der Waals surface area contributed by atoms with Gasteiger partial charge in [0.05, 0.1) is 4.47 Å². The number of aromatic hydroxyl groups is 1. The average molecular weight is 324 g/mol. The van der Waals surface area contributed by atoms with Crippen molar-refractivity contribution >= 4 is 15.9 Å². The van der Waals surface area contributed by atoms with Crippen molar-refractivity contribution in [3.05, 3.63) is 27.2 Å². The minimum absolute atomic E-state index is 0.499. The minimum atomic E-state index is 0.499. The zero-order valence-corrected chi connectivity index (χ0v) is 12.9. The van der Waals surface area contributed by atoms with Crippen LogP contribution in [0.1, 0.15) is 42.4 Å². The van der Waals surface area contributed by atoms with Crippen LogP contribution in [0.15, 0.2) is 10.5 Å².